The van der Waals surface area contributed by atoms with Crippen molar-refractivity contribution in [1.82, 2.24) is 9.88 Å². The third kappa shape index (κ3) is 2.07. The van der Waals surface area contributed by atoms with Crippen LogP contribution < -0.4 is 11.3 Å². The Morgan fingerprint density at radius 2 is 2.13 bits per heavy atom. The first-order chi connectivity index (χ1) is 7.31. The van der Waals surface area contributed by atoms with Crippen molar-refractivity contribution >= 4 is 11.7 Å². The molecular weight excluding hydrogens is 192 g/mol. The van der Waals surface area contributed by atoms with Gasteiger partial charge in [-0.2, -0.15) is 0 Å². The molecular formula is C10H14N4O. The van der Waals surface area contributed by atoms with Crippen LogP contribution in [0.15, 0.2) is 18.2 Å². The van der Waals surface area contributed by atoms with Gasteiger partial charge < -0.3 is 10.3 Å². The van der Waals surface area contributed by atoms with Crippen LogP contribution in [0.2, 0.25) is 0 Å². The summed E-state index contributed by atoms with van der Waals surface area (Å²) in [4.78, 5) is 17.8. The second-order valence-corrected chi connectivity index (χ2v) is 3.55. The van der Waals surface area contributed by atoms with E-state index in [-0.39, 0.29) is 5.91 Å². The number of aromatic nitrogens is 1. The molecule has 0 radical (unpaired) electrons. The van der Waals surface area contributed by atoms with Crippen molar-refractivity contribution in [2.24, 2.45) is 5.84 Å². The van der Waals surface area contributed by atoms with Gasteiger partial charge in [0.05, 0.1) is 0 Å². The molecule has 0 spiro atoms. The van der Waals surface area contributed by atoms with Gasteiger partial charge in [0, 0.05) is 13.1 Å². The summed E-state index contributed by atoms with van der Waals surface area (Å²) in [5.41, 5.74) is 2.88. The standard InChI is InChI=1S/C10H14N4O/c11-13-9-5-3-4-8(12-9)10(15)14-6-1-2-7-14/h3-5H,1-2,6-7,11H2,(H,12,13). The van der Waals surface area contributed by atoms with Gasteiger partial charge in [-0.3, -0.25) is 4.79 Å². The number of hydrogen-bond donors (Lipinski definition) is 2. The lowest BCUT2D eigenvalue weighted by Gasteiger charge is -2.14. The molecule has 2 heterocycles. The second kappa shape index (κ2) is 4.27. The number of anilines is 1. The highest BCUT2D eigenvalue weighted by molar-refractivity contribution is 5.92. The Morgan fingerprint density at radius 3 is 2.80 bits per heavy atom. The van der Waals surface area contributed by atoms with E-state index in [1.54, 1.807) is 18.2 Å². The average molecular weight is 206 g/mol. The van der Waals surface area contributed by atoms with Crippen LogP contribution in [0.4, 0.5) is 5.82 Å². The van der Waals surface area contributed by atoms with Crippen LogP contribution in [-0.4, -0.2) is 28.9 Å². The van der Waals surface area contributed by atoms with Crippen LogP contribution in [0.5, 0.6) is 0 Å². The first-order valence-electron chi connectivity index (χ1n) is 5.04. The van der Waals surface area contributed by atoms with Crippen LogP contribution in [0, 0.1) is 0 Å². The Labute approximate surface area is 88.3 Å². The summed E-state index contributed by atoms with van der Waals surface area (Å²) in [6.07, 6.45) is 2.17. The van der Waals surface area contributed by atoms with Crippen LogP contribution in [-0.2, 0) is 0 Å². The molecule has 5 heteroatoms. The van der Waals surface area contributed by atoms with E-state index < -0.39 is 0 Å². The molecule has 1 saturated heterocycles. The summed E-state index contributed by atoms with van der Waals surface area (Å²) in [6.45, 7) is 1.67. The fourth-order valence-electron chi connectivity index (χ4n) is 1.72. The zero-order chi connectivity index (χ0) is 10.7. The number of rotatable bonds is 2. The van der Waals surface area contributed by atoms with Crippen LogP contribution in [0.1, 0.15) is 23.3 Å². The molecule has 1 aromatic heterocycles. The number of pyridine rings is 1. The van der Waals surface area contributed by atoms with Gasteiger partial charge in [-0.1, -0.05) is 6.07 Å². The van der Waals surface area contributed by atoms with Gasteiger partial charge in [0.15, 0.2) is 0 Å². The Kier molecular flexibility index (Phi) is 2.82. The molecule has 1 aliphatic rings. The molecule has 1 fully saturated rings. The first-order valence-corrected chi connectivity index (χ1v) is 5.04. The number of hydrazine groups is 1. The van der Waals surface area contributed by atoms with Crippen LogP contribution >= 0.6 is 0 Å². The van der Waals surface area contributed by atoms with Crippen LogP contribution in [0.25, 0.3) is 0 Å². The van der Waals surface area contributed by atoms with Crippen molar-refractivity contribution in [1.29, 1.82) is 0 Å². The van der Waals surface area contributed by atoms with Crippen molar-refractivity contribution < 1.29 is 4.79 Å². The Hall–Kier alpha value is -1.62. The van der Waals surface area contributed by atoms with Crippen LogP contribution in [0.3, 0.4) is 0 Å². The zero-order valence-corrected chi connectivity index (χ0v) is 8.44. The summed E-state index contributed by atoms with van der Waals surface area (Å²) < 4.78 is 0. The van der Waals surface area contributed by atoms with Gasteiger partial charge >= 0.3 is 0 Å². The molecule has 0 bridgehead atoms. The molecule has 15 heavy (non-hydrogen) atoms. The number of nitrogens with one attached hydrogen (secondary N) is 1. The minimum absolute atomic E-state index is 0.00963. The van der Waals surface area contributed by atoms with E-state index in [9.17, 15) is 4.79 Å². The smallest absolute Gasteiger partial charge is 0.272 e. The summed E-state index contributed by atoms with van der Waals surface area (Å²) in [7, 11) is 0. The number of nitrogens with two attached hydrogens (primary N) is 1. The lowest BCUT2D eigenvalue weighted by molar-refractivity contribution is 0.0787. The summed E-state index contributed by atoms with van der Waals surface area (Å²) >= 11 is 0. The summed E-state index contributed by atoms with van der Waals surface area (Å²) in [5, 5.41) is 0. The molecule has 80 valence electrons. The lowest BCUT2D eigenvalue weighted by atomic mass is 10.3. The van der Waals surface area contributed by atoms with Gasteiger partial charge in [0.1, 0.15) is 11.5 Å². The lowest BCUT2D eigenvalue weighted by Crippen LogP contribution is -2.28. The fraction of sp³-hybridized carbons (Fsp3) is 0.400. The highest BCUT2D eigenvalue weighted by atomic mass is 16.2. The van der Waals surface area contributed by atoms with Gasteiger partial charge in [-0.05, 0) is 25.0 Å². The number of hydrogen-bond acceptors (Lipinski definition) is 4. The minimum Gasteiger partial charge on any atom is -0.337 e. The minimum atomic E-state index is -0.00963. The molecule has 1 aliphatic heterocycles. The van der Waals surface area contributed by atoms with E-state index in [1.165, 1.54) is 0 Å². The van der Waals surface area contributed by atoms with Gasteiger partial charge in [0.2, 0.25) is 0 Å². The average Bonchev–Trinajstić information content (AvgIpc) is 2.81. The molecule has 0 aromatic carbocycles. The molecule has 2 rings (SSSR count). The quantitative estimate of drug-likeness (QED) is 0.549. The highest BCUT2D eigenvalue weighted by Crippen LogP contribution is 2.12. The van der Waals surface area contributed by atoms with Gasteiger partial charge in [0.25, 0.3) is 5.91 Å². The van der Waals surface area contributed by atoms with Gasteiger partial charge in [-0.15, -0.1) is 0 Å². The monoisotopic (exact) mass is 206 g/mol. The number of carbonyl (C=O) groups excluding carboxylic acids is 1. The molecule has 0 unspecified atom stereocenters. The Bertz CT molecular complexity index is 360. The predicted octanol–water partition coefficient (Wildman–Crippen LogP) is 0.603. The topological polar surface area (TPSA) is 71.2 Å². The molecule has 1 aromatic rings. The second-order valence-electron chi connectivity index (χ2n) is 3.55. The number of carbonyl (C=O) groups is 1. The number of nitrogens with zero attached hydrogens (tertiary/aromatic N) is 2. The number of amides is 1. The number of nitrogen functional groups attached to an aromatic ring is 1. The van der Waals surface area contributed by atoms with Crippen molar-refractivity contribution in [3.05, 3.63) is 23.9 Å². The molecule has 0 saturated carbocycles. The predicted molar refractivity (Wildman–Crippen MR) is 57.2 cm³/mol. The largest absolute Gasteiger partial charge is 0.337 e. The zero-order valence-electron chi connectivity index (χ0n) is 8.44. The Balaban J connectivity index is 2.17. The molecule has 5 nitrogen and oxygen atoms in total. The third-order valence-corrected chi connectivity index (χ3v) is 2.51. The van der Waals surface area contributed by atoms with Crippen molar-refractivity contribution in [3.63, 3.8) is 0 Å². The molecule has 0 aliphatic carbocycles. The maximum Gasteiger partial charge on any atom is 0.272 e. The Morgan fingerprint density at radius 1 is 1.40 bits per heavy atom. The molecule has 1 amide bonds. The van der Waals surface area contributed by atoms with Crippen molar-refractivity contribution in [2.45, 2.75) is 12.8 Å². The van der Waals surface area contributed by atoms with E-state index in [4.69, 9.17) is 5.84 Å². The van der Waals surface area contributed by atoms with E-state index in [0.29, 0.717) is 11.5 Å². The summed E-state index contributed by atoms with van der Waals surface area (Å²) in [5.74, 6) is 5.74. The third-order valence-electron chi connectivity index (χ3n) is 2.51. The van der Waals surface area contributed by atoms with Crippen molar-refractivity contribution in [2.75, 3.05) is 18.5 Å². The van der Waals surface area contributed by atoms with Gasteiger partial charge in [-0.25, -0.2) is 10.8 Å². The molecule has 3 N–H and O–H groups in total. The van der Waals surface area contributed by atoms with E-state index in [1.807, 2.05) is 4.90 Å². The van der Waals surface area contributed by atoms with E-state index in [2.05, 4.69) is 10.4 Å². The maximum absolute atomic E-state index is 11.9. The fourth-order valence-corrected chi connectivity index (χ4v) is 1.72. The molecule has 0 atom stereocenters. The normalized spacial score (nSPS) is 15.4. The highest BCUT2D eigenvalue weighted by Gasteiger charge is 2.20. The van der Waals surface area contributed by atoms with E-state index in [0.717, 1.165) is 25.9 Å². The van der Waals surface area contributed by atoms with Crippen molar-refractivity contribution in [3.8, 4) is 0 Å². The van der Waals surface area contributed by atoms with E-state index >= 15 is 0 Å². The first kappa shape index (κ1) is 9.92. The SMILES string of the molecule is NNc1cccc(C(=O)N2CCCC2)n1. The maximum atomic E-state index is 11.9. The summed E-state index contributed by atoms with van der Waals surface area (Å²) in [6, 6.07) is 5.20. The number of likely N-dealkylation sites (tertiary alicyclic amines) is 1.